The molecule has 6 heteroatoms. The number of pyridine rings is 1. The van der Waals surface area contributed by atoms with Crippen LogP contribution in [0.15, 0.2) is 30.6 Å². The van der Waals surface area contributed by atoms with Gasteiger partial charge in [-0.25, -0.2) is 0 Å². The third-order valence-corrected chi connectivity index (χ3v) is 4.26. The van der Waals surface area contributed by atoms with Gasteiger partial charge in [0.05, 0.1) is 10.3 Å². The molecular formula is C16H20N4O2. The molecule has 0 radical (unpaired) electrons. The number of non-ortho nitro benzene ring substituents is 1. The van der Waals surface area contributed by atoms with E-state index < -0.39 is 0 Å². The number of hydrogen-bond acceptors (Lipinski definition) is 5. The van der Waals surface area contributed by atoms with Crippen LogP contribution in [0, 0.1) is 16.0 Å². The molecule has 1 saturated heterocycles. The maximum Gasteiger partial charge on any atom is 0.278 e. The summed E-state index contributed by atoms with van der Waals surface area (Å²) in [7, 11) is 0. The van der Waals surface area contributed by atoms with Crippen molar-refractivity contribution in [2.24, 2.45) is 5.92 Å². The first-order valence-electron chi connectivity index (χ1n) is 7.71. The van der Waals surface area contributed by atoms with Crippen molar-refractivity contribution in [3.63, 3.8) is 0 Å². The summed E-state index contributed by atoms with van der Waals surface area (Å²) >= 11 is 0. The van der Waals surface area contributed by atoms with E-state index in [4.69, 9.17) is 0 Å². The highest BCUT2D eigenvalue weighted by molar-refractivity contribution is 5.99. The van der Waals surface area contributed by atoms with Gasteiger partial charge in [0, 0.05) is 36.1 Å². The Balaban J connectivity index is 1.73. The number of benzene rings is 1. The molecule has 1 aromatic carbocycles. The molecule has 1 atom stereocenters. The van der Waals surface area contributed by atoms with Crippen LogP contribution in [0.1, 0.15) is 19.3 Å². The number of nitrogens with one attached hydrogen (secondary N) is 2. The maximum absolute atomic E-state index is 11.1. The predicted octanol–water partition coefficient (Wildman–Crippen LogP) is 2.94. The molecule has 1 aromatic heterocycles. The van der Waals surface area contributed by atoms with E-state index in [0.717, 1.165) is 37.1 Å². The van der Waals surface area contributed by atoms with Crippen LogP contribution in [0.25, 0.3) is 10.8 Å². The molecule has 1 unspecified atom stereocenters. The zero-order valence-electron chi connectivity index (χ0n) is 12.4. The van der Waals surface area contributed by atoms with Gasteiger partial charge < -0.3 is 10.6 Å². The highest BCUT2D eigenvalue weighted by Crippen LogP contribution is 2.30. The van der Waals surface area contributed by atoms with Crippen molar-refractivity contribution in [3.8, 4) is 0 Å². The average molecular weight is 300 g/mol. The van der Waals surface area contributed by atoms with Gasteiger partial charge in [-0.3, -0.25) is 15.1 Å². The Morgan fingerprint density at radius 1 is 1.36 bits per heavy atom. The third kappa shape index (κ3) is 3.17. The lowest BCUT2D eigenvalue weighted by atomic mass is 9.96. The van der Waals surface area contributed by atoms with Crippen molar-refractivity contribution in [3.05, 3.63) is 40.7 Å². The van der Waals surface area contributed by atoms with E-state index in [2.05, 4.69) is 15.6 Å². The molecule has 0 saturated carbocycles. The monoisotopic (exact) mass is 300 g/mol. The van der Waals surface area contributed by atoms with Gasteiger partial charge in [0.15, 0.2) is 0 Å². The molecule has 0 spiro atoms. The molecule has 1 aliphatic rings. The largest absolute Gasteiger partial charge is 0.385 e. The van der Waals surface area contributed by atoms with Gasteiger partial charge in [0.1, 0.15) is 0 Å². The van der Waals surface area contributed by atoms with Crippen molar-refractivity contribution in [2.45, 2.75) is 19.3 Å². The number of nitrogens with zero attached hydrogens (tertiary/aromatic N) is 2. The summed E-state index contributed by atoms with van der Waals surface area (Å²) in [4.78, 5) is 14.7. The topological polar surface area (TPSA) is 80.1 Å². The summed E-state index contributed by atoms with van der Waals surface area (Å²) in [5.41, 5.74) is 1.04. The van der Waals surface area contributed by atoms with Gasteiger partial charge in [0.25, 0.3) is 5.69 Å². The van der Waals surface area contributed by atoms with Crippen LogP contribution < -0.4 is 10.6 Å². The molecule has 2 N–H and O–H groups in total. The molecule has 1 aliphatic heterocycles. The van der Waals surface area contributed by atoms with Crippen LogP contribution in [0.4, 0.5) is 11.4 Å². The molecule has 2 heterocycles. The van der Waals surface area contributed by atoms with Crippen LogP contribution in [-0.2, 0) is 0 Å². The third-order valence-electron chi connectivity index (χ3n) is 4.26. The Bertz CT molecular complexity index is 668. The van der Waals surface area contributed by atoms with E-state index in [1.165, 1.54) is 12.8 Å². The highest BCUT2D eigenvalue weighted by Gasteiger charge is 2.15. The normalized spacial score (nSPS) is 18.3. The van der Waals surface area contributed by atoms with Gasteiger partial charge in [-0.05, 0) is 50.4 Å². The Hall–Kier alpha value is -2.21. The smallest absolute Gasteiger partial charge is 0.278 e. The van der Waals surface area contributed by atoms with E-state index in [1.54, 1.807) is 24.5 Å². The molecular weight excluding hydrogens is 280 g/mol. The number of hydrogen-bond donors (Lipinski definition) is 2. The van der Waals surface area contributed by atoms with Crippen molar-refractivity contribution in [1.29, 1.82) is 0 Å². The first-order chi connectivity index (χ1) is 10.8. The second-order valence-corrected chi connectivity index (χ2v) is 5.74. The minimum absolute atomic E-state index is 0.102. The second-order valence-electron chi connectivity index (χ2n) is 5.74. The van der Waals surface area contributed by atoms with Gasteiger partial charge in [-0.2, -0.15) is 0 Å². The molecule has 0 bridgehead atoms. The number of nitro benzene ring substituents is 1. The highest BCUT2D eigenvalue weighted by atomic mass is 16.6. The maximum atomic E-state index is 11.1. The molecule has 0 aliphatic carbocycles. The lowest BCUT2D eigenvalue weighted by Gasteiger charge is -2.23. The molecule has 3 rings (SSSR count). The van der Waals surface area contributed by atoms with E-state index in [0.29, 0.717) is 11.3 Å². The zero-order valence-corrected chi connectivity index (χ0v) is 12.4. The first kappa shape index (κ1) is 14.7. The summed E-state index contributed by atoms with van der Waals surface area (Å²) in [6.07, 6.45) is 6.86. The quantitative estimate of drug-likeness (QED) is 0.655. The second kappa shape index (κ2) is 6.70. The lowest BCUT2D eigenvalue weighted by Crippen LogP contribution is -2.30. The van der Waals surface area contributed by atoms with Gasteiger partial charge in [-0.1, -0.05) is 0 Å². The summed E-state index contributed by atoms with van der Waals surface area (Å²) in [5, 5.41) is 19.4. The van der Waals surface area contributed by atoms with Crippen molar-refractivity contribution >= 4 is 22.1 Å². The van der Waals surface area contributed by atoms with Crippen LogP contribution in [0.5, 0.6) is 0 Å². The molecule has 22 heavy (non-hydrogen) atoms. The Kier molecular flexibility index (Phi) is 4.48. The number of nitro groups is 1. The number of fused-ring (bicyclic) bond motifs is 1. The van der Waals surface area contributed by atoms with Crippen LogP contribution in [0.2, 0.25) is 0 Å². The van der Waals surface area contributed by atoms with E-state index >= 15 is 0 Å². The molecule has 0 amide bonds. The van der Waals surface area contributed by atoms with Gasteiger partial charge in [0.2, 0.25) is 0 Å². The fraction of sp³-hybridized carbons (Fsp3) is 0.438. The summed E-state index contributed by atoms with van der Waals surface area (Å²) in [5.74, 6) is 0.715. The van der Waals surface area contributed by atoms with Crippen molar-refractivity contribution in [1.82, 2.24) is 10.3 Å². The van der Waals surface area contributed by atoms with Gasteiger partial charge in [-0.15, -0.1) is 0 Å². The van der Waals surface area contributed by atoms with Crippen LogP contribution in [-0.4, -0.2) is 29.5 Å². The van der Waals surface area contributed by atoms with Crippen LogP contribution >= 0.6 is 0 Å². The van der Waals surface area contributed by atoms with E-state index in [9.17, 15) is 10.1 Å². The summed E-state index contributed by atoms with van der Waals surface area (Å²) in [6, 6.07) is 5.17. The predicted molar refractivity (Wildman–Crippen MR) is 87.1 cm³/mol. The van der Waals surface area contributed by atoms with E-state index in [1.807, 2.05) is 6.07 Å². The Morgan fingerprint density at radius 3 is 3.05 bits per heavy atom. The number of anilines is 1. The molecule has 2 aromatic rings. The molecule has 1 fully saturated rings. The minimum Gasteiger partial charge on any atom is -0.385 e. The molecule has 6 nitrogen and oxygen atoms in total. The SMILES string of the molecule is O=[N+]([O-])c1ccc(NCCC2CCCNC2)c2ccncc12. The van der Waals surface area contributed by atoms with Crippen molar-refractivity contribution in [2.75, 3.05) is 25.0 Å². The van der Waals surface area contributed by atoms with E-state index in [-0.39, 0.29) is 10.6 Å². The average Bonchev–Trinajstić information content (AvgIpc) is 2.55. The van der Waals surface area contributed by atoms with Gasteiger partial charge >= 0.3 is 0 Å². The zero-order chi connectivity index (χ0) is 15.4. The fourth-order valence-electron chi connectivity index (χ4n) is 3.07. The fourth-order valence-corrected chi connectivity index (χ4v) is 3.07. The Labute approximate surface area is 129 Å². The lowest BCUT2D eigenvalue weighted by molar-refractivity contribution is -0.383. The number of piperidine rings is 1. The number of rotatable bonds is 5. The van der Waals surface area contributed by atoms with Crippen molar-refractivity contribution < 1.29 is 4.92 Å². The molecule has 116 valence electrons. The summed E-state index contributed by atoms with van der Waals surface area (Å²) < 4.78 is 0. The van der Waals surface area contributed by atoms with Crippen LogP contribution in [0.3, 0.4) is 0 Å². The minimum atomic E-state index is -0.360. The first-order valence-corrected chi connectivity index (χ1v) is 7.71. The summed E-state index contributed by atoms with van der Waals surface area (Å²) in [6.45, 7) is 3.10. The Morgan fingerprint density at radius 2 is 2.27 bits per heavy atom. The standard InChI is InChI=1S/C16H20N4O2/c21-20(22)16-4-3-15(13-6-8-18-11-14(13)16)19-9-5-12-2-1-7-17-10-12/h3-4,6,8,11-12,17,19H,1-2,5,7,9-10H2. The number of aromatic nitrogens is 1.